The zero-order valence-electron chi connectivity index (χ0n) is 8.19. The van der Waals surface area contributed by atoms with E-state index in [2.05, 4.69) is 10.3 Å². The first kappa shape index (κ1) is 12.1. The maximum absolute atomic E-state index is 12.4. The van der Waals surface area contributed by atoms with Crippen LogP contribution < -0.4 is 5.32 Å². The molecule has 0 aliphatic heterocycles. The number of aromatic nitrogens is 1. The lowest BCUT2D eigenvalue weighted by molar-refractivity contribution is -0.137. The summed E-state index contributed by atoms with van der Waals surface area (Å²) in [6.45, 7) is 3.60. The fourth-order valence-electron chi connectivity index (χ4n) is 1.03. The Morgan fingerprint density at radius 3 is 2.40 bits per heavy atom. The summed E-state index contributed by atoms with van der Waals surface area (Å²) in [4.78, 5) is 3.74. The Bertz CT molecular complexity index is 350. The van der Waals surface area contributed by atoms with Crippen molar-refractivity contribution < 1.29 is 13.2 Å². The summed E-state index contributed by atoms with van der Waals surface area (Å²) >= 11 is 5.49. The Hall–Kier alpha value is -0.970. The van der Waals surface area contributed by atoms with Gasteiger partial charge in [0.25, 0.3) is 0 Å². The molecular formula is C9H10ClF3N2. The predicted molar refractivity (Wildman–Crippen MR) is 53.0 cm³/mol. The number of halogens is 4. The minimum Gasteiger partial charge on any atom is -0.368 e. The highest BCUT2D eigenvalue weighted by Gasteiger charge is 2.31. The van der Waals surface area contributed by atoms with Gasteiger partial charge in [0.15, 0.2) is 0 Å². The summed E-state index contributed by atoms with van der Waals surface area (Å²) < 4.78 is 37.1. The van der Waals surface area contributed by atoms with Gasteiger partial charge in [0.1, 0.15) is 11.0 Å². The van der Waals surface area contributed by atoms with Crippen molar-refractivity contribution in [1.82, 2.24) is 4.98 Å². The minimum absolute atomic E-state index is 0.00273. The molecule has 84 valence electrons. The van der Waals surface area contributed by atoms with Crippen molar-refractivity contribution in [2.24, 2.45) is 0 Å². The molecule has 2 nitrogen and oxygen atoms in total. The number of anilines is 1. The van der Waals surface area contributed by atoms with E-state index in [1.54, 1.807) is 13.8 Å². The Labute approximate surface area is 90.5 Å². The van der Waals surface area contributed by atoms with Crippen LogP contribution in [0.25, 0.3) is 0 Å². The van der Waals surface area contributed by atoms with Gasteiger partial charge in [-0.1, -0.05) is 11.6 Å². The van der Waals surface area contributed by atoms with Crippen molar-refractivity contribution in [2.45, 2.75) is 26.1 Å². The van der Waals surface area contributed by atoms with Crippen LogP contribution in [0.2, 0.25) is 5.15 Å². The molecule has 0 saturated heterocycles. The van der Waals surface area contributed by atoms with Crippen molar-refractivity contribution >= 4 is 17.4 Å². The summed E-state index contributed by atoms with van der Waals surface area (Å²) in [5.74, 6) is 0.129. The molecular weight excluding hydrogens is 229 g/mol. The van der Waals surface area contributed by atoms with Gasteiger partial charge in [0, 0.05) is 6.04 Å². The monoisotopic (exact) mass is 238 g/mol. The molecule has 0 aliphatic rings. The third kappa shape index (κ3) is 3.58. The largest absolute Gasteiger partial charge is 0.416 e. The van der Waals surface area contributed by atoms with E-state index in [0.29, 0.717) is 0 Å². The molecule has 0 saturated carbocycles. The van der Waals surface area contributed by atoms with Crippen LogP contribution in [0.5, 0.6) is 0 Å². The lowest BCUT2D eigenvalue weighted by Crippen LogP contribution is -2.13. The van der Waals surface area contributed by atoms with E-state index in [1.807, 2.05) is 0 Å². The van der Waals surface area contributed by atoms with Crippen molar-refractivity contribution in [3.8, 4) is 0 Å². The Morgan fingerprint density at radius 2 is 1.93 bits per heavy atom. The normalized spacial score (nSPS) is 11.9. The molecule has 0 bridgehead atoms. The molecule has 0 atom stereocenters. The van der Waals surface area contributed by atoms with Gasteiger partial charge in [0.2, 0.25) is 0 Å². The summed E-state index contributed by atoms with van der Waals surface area (Å²) in [5.41, 5.74) is -0.800. The number of rotatable bonds is 2. The van der Waals surface area contributed by atoms with Crippen LogP contribution in [0, 0.1) is 0 Å². The topological polar surface area (TPSA) is 24.9 Å². The van der Waals surface area contributed by atoms with Gasteiger partial charge < -0.3 is 5.32 Å². The quantitative estimate of drug-likeness (QED) is 0.797. The van der Waals surface area contributed by atoms with Gasteiger partial charge >= 0.3 is 6.18 Å². The summed E-state index contributed by atoms with van der Waals surface area (Å²) in [6.07, 6.45) is -4.40. The van der Waals surface area contributed by atoms with E-state index >= 15 is 0 Å². The third-order valence-electron chi connectivity index (χ3n) is 1.56. The van der Waals surface area contributed by atoms with Crippen molar-refractivity contribution in [3.05, 3.63) is 22.8 Å². The molecule has 15 heavy (non-hydrogen) atoms. The molecule has 0 fully saturated rings. The molecule has 0 aromatic carbocycles. The van der Waals surface area contributed by atoms with E-state index in [4.69, 9.17) is 11.6 Å². The SMILES string of the molecule is CC(C)Nc1cc(C(F)(F)F)cc(Cl)n1. The highest BCUT2D eigenvalue weighted by molar-refractivity contribution is 6.29. The van der Waals surface area contributed by atoms with Crippen LogP contribution in [-0.2, 0) is 6.18 Å². The second kappa shape index (κ2) is 4.26. The Kier molecular flexibility index (Phi) is 3.44. The fourth-order valence-corrected chi connectivity index (χ4v) is 1.24. The second-order valence-corrected chi connectivity index (χ2v) is 3.75. The van der Waals surface area contributed by atoms with Gasteiger partial charge in [-0.05, 0) is 26.0 Å². The molecule has 0 spiro atoms. The second-order valence-electron chi connectivity index (χ2n) is 3.36. The molecule has 1 aromatic rings. The van der Waals surface area contributed by atoms with Crippen LogP contribution in [0.4, 0.5) is 19.0 Å². The average molecular weight is 239 g/mol. The van der Waals surface area contributed by atoms with Gasteiger partial charge in [0.05, 0.1) is 5.56 Å². The minimum atomic E-state index is -4.40. The van der Waals surface area contributed by atoms with Crippen LogP contribution in [0.3, 0.4) is 0 Å². The third-order valence-corrected chi connectivity index (χ3v) is 1.75. The number of nitrogens with one attached hydrogen (secondary N) is 1. The Balaban J connectivity index is 3.06. The molecule has 0 unspecified atom stereocenters. The summed E-state index contributed by atoms with van der Waals surface area (Å²) in [6, 6.07) is 1.73. The number of hydrogen-bond acceptors (Lipinski definition) is 2. The zero-order valence-corrected chi connectivity index (χ0v) is 8.95. The molecule has 1 aromatic heterocycles. The standard InChI is InChI=1S/C9H10ClF3N2/c1-5(2)14-8-4-6(9(11,12)13)3-7(10)15-8/h3-5H,1-2H3,(H,14,15). The number of hydrogen-bond donors (Lipinski definition) is 1. The van der Waals surface area contributed by atoms with Crippen molar-refractivity contribution in [1.29, 1.82) is 0 Å². The predicted octanol–water partition coefficient (Wildman–Crippen LogP) is 3.57. The molecule has 0 radical (unpaired) electrons. The Morgan fingerprint density at radius 1 is 1.33 bits per heavy atom. The lowest BCUT2D eigenvalue weighted by Gasteiger charge is -2.12. The first-order valence-electron chi connectivity index (χ1n) is 4.30. The van der Waals surface area contributed by atoms with Gasteiger partial charge in [-0.3, -0.25) is 0 Å². The van der Waals surface area contributed by atoms with E-state index in [-0.39, 0.29) is 17.0 Å². The molecule has 0 amide bonds. The fraction of sp³-hybridized carbons (Fsp3) is 0.444. The molecule has 6 heteroatoms. The number of nitrogens with zero attached hydrogens (tertiary/aromatic N) is 1. The van der Waals surface area contributed by atoms with E-state index in [9.17, 15) is 13.2 Å². The lowest BCUT2D eigenvalue weighted by atomic mass is 10.2. The van der Waals surface area contributed by atoms with E-state index in [0.717, 1.165) is 12.1 Å². The summed E-state index contributed by atoms with van der Waals surface area (Å²) in [5, 5.41) is 2.59. The highest BCUT2D eigenvalue weighted by atomic mass is 35.5. The van der Waals surface area contributed by atoms with Crippen molar-refractivity contribution in [3.63, 3.8) is 0 Å². The number of alkyl halides is 3. The van der Waals surface area contributed by atoms with E-state index < -0.39 is 11.7 Å². The van der Waals surface area contributed by atoms with Gasteiger partial charge in [-0.25, -0.2) is 4.98 Å². The smallest absolute Gasteiger partial charge is 0.368 e. The van der Waals surface area contributed by atoms with Gasteiger partial charge in [-0.15, -0.1) is 0 Å². The van der Waals surface area contributed by atoms with Crippen LogP contribution in [0.15, 0.2) is 12.1 Å². The first-order valence-corrected chi connectivity index (χ1v) is 4.68. The maximum Gasteiger partial charge on any atom is 0.416 e. The molecule has 1 N–H and O–H groups in total. The van der Waals surface area contributed by atoms with Crippen LogP contribution >= 0.6 is 11.6 Å². The maximum atomic E-state index is 12.4. The number of pyridine rings is 1. The molecule has 0 aliphatic carbocycles. The van der Waals surface area contributed by atoms with Crippen LogP contribution in [0.1, 0.15) is 19.4 Å². The molecule has 1 rings (SSSR count). The molecule has 1 heterocycles. The first-order chi connectivity index (χ1) is 6.79. The summed E-state index contributed by atoms with van der Waals surface area (Å²) in [7, 11) is 0. The van der Waals surface area contributed by atoms with Crippen LogP contribution in [-0.4, -0.2) is 11.0 Å². The van der Waals surface area contributed by atoms with E-state index in [1.165, 1.54) is 0 Å². The van der Waals surface area contributed by atoms with Crippen molar-refractivity contribution in [2.75, 3.05) is 5.32 Å². The van der Waals surface area contributed by atoms with Gasteiger partial charge in [-0.2, -0.15) is 13.2 Å². The highest BCUT2D eigenvalue weighted by Crippen LogP contribution is 2.31. The average Bonchev–Trinajstić information content (AvgIpc) is 1.99. The zero-order chi connectivity index (χ0) is 11.6.